The van der Waals surface area contributed by atoms with Crippen LogP contribution in [0, 0.1) is 11.8 Å². The highest BCUT2D eigenvalue weighted by Gasteiger charge is 2.70. The molecule has 314 valence electrons. The predicted octanol–water partition coefficient (Wildman–Crippen LogP) is 13.4. The number of aromatic nitrogens is 2. The third-order valence-electron chi connectivity index (χ3n) is 10.0. The molecule has 0 N–H and O–H groups in total. The van der Waals surface area contributed by atoms with Crippen molar-refractivity contribution in [3.8, 4) is 0 Å². The number of hydrogen-bond donors (Lipinski definition) is 0. The van der Waals surface area contributed by atoms with Crippen molar-refractivity contribution in [1.82, 2.24) is 9.97 Å². The van der Waals surface area contributed by atoms with E-state index in [0.717, 1.165) is 40.3 Å². The zero-order valence-electron chi connectivity index (χ0n) is 34.1. The standard InChI is InChI=1S/C40H52N2O6S8Si2/c1-9-43-57(44-10-2,45-11-3)39(37-41-31-23-15-17-25-33(31)49-37)29(7)21-19-27-35(39)51-53-55-56-54-52-36-28-20-22-30(8)40(36,58(46-12-4,47-13-5)48-14-6)38-42-32-24-16-18-26-34(32)50-38/h15-30H,9-14H2,1-8H3. The van der Waals surface area contributed by atoms with Crippen LogP contribution in [0.5, 0.6) is 0 Å². The van der Waals surface area contributed by atoms with Gasteiger partial charge in [0.05, 0.1) is 20.4 Å². The molecule has 2 aliphatic rings. The second-order valence-corrected chi connectivity index (χ2v) is 30.0. The van der Waals surface area contributed by atoms with Gasteiger partial charge >= 0.3 is 17.6 Å². The van der Waals surface area contributed by atoms with Gasteiger partial charge in [0.2, 0.25) is 0 Å². The molecule has 0 fully saturated rings. The van der Waals surface area contributed by atoms with E-state index in [2.05, 4.69) is 86.7 Å². The third-order valence-corrected chi connectivity index (χ3v) is 31.7. The number of rotatable bonds is 23. The van der Waals surface area contributed by atoms with Crippen molar-refractivity contribution in [2.45, 2.75) is 65.5 Å². The average molecular weight is 970 g/mol. The summed E-state index contributed by atoms with van der Waals surface area (Å²) in [6.07, 6.45) is 13.2. The van der Waals surface area contributed by atoms with Crippen LogP contribution in [0.2, 0.25) is 0 Å². The van der Waals surface area contributed by atoms with E-state index in [4.69, 9.17) is 36.5 Å². The Hall–Kier alpha value is -0.526. The minimum atomic E-state index is -3.46. The molecule has 2 heterocycles. The molecule has 18 heteroatoms. The predicted molar refractivity (Wildman–Crippen MR) is 262 cm³/mol. The number of fused-ring (bicyclic) bond motifs is 2. The van der Waals surface area contributed by atoms with E-state index in [9.17, 15) is 0 Å². The van der Waals surface area contributed by atoms with Gasteiger partial charge in [-0.2, -0.15) is 0 Å². The summed E-state index contributed by atoms with van der Waals surface area (Å²) >= 11 is 3.42. The first-order valence-electron chi connectivity index (χ1n) is 19.6. The van der Waals surface area contributed by atoms with Gasteiger partial charge in [-0.1, -0.05) is 74.6 Å². The molecule has 4 unspecified atom stereocenters. The van der Waals surface area contributed by atoms with E-state index in [1.807, 2.05) is 53.7 Å². The smallest absolute Gasteiger partial charge is 0.373 e. The maximum absolute atomic E-state index is 6.78. The van der Waals surface area contributed by atoms with Gasteiger partial charge in [0, 0.05) is 49.5 Å². The first-order chi connectivity index (χ1) is 28.3. The zero-order valence-corrected chi connectivity index (χ0v) is 42.6. The summed E-state index contributed by atoms with van der Waals surface area (Å²) in [6.45, 7) is 19.5. The fourth-order valence-electron chi connectivity index (χ4n) is 7.81. The molecule has 6 rings (SSSR count). The maximum Gasteiger partial charge on any atom is 0.520 e. The van der Waals surface area contributed by atoms with Crippen LogP contribution in [0.15, 0.2) is 94.8 Å². The molecule has 2 aromatic heterocycles. The molecule has 0 aliphatic heterocycles. The Balaban J connectivity index is 1.28. The minimum Gasteiger partial charge on any atom is -0.373 e. The van der Waals surface area contributed by atoms with Crippen LogP contribution >= 0.6 is 83.6 Å². The number of hydrogen-bond acceptors (Lipinski definition) is 16. The molecule has 4 aromatic rings. The van der Waals surface area contributed by atoms with Crippen LogP contribution in [0.3, 0.4) is 0 Å². The van der Waals surface area contributed by atoms with Gasteiger partial charge in [-0.3, -0.25) is 0 Å². The van der Waals surface area contributed by atoms with Crippen molar-refractivity contribution in [2.75, 3.05) is 39.6 Å². The SMILES string of the molecule is CCO[Si](OCC)(OCC)C1(c2nc3ccccc3s2)C(SSSSSSC2=CC=CC(C)C2(c2nc3ccccc3s2)[Si](OCC)(OCC)OCC)=CC=CC1C. The number of thiazole rings is 2. The van der Waals surface area contributed by atoms with Crippen molar-refractivity contribution in [1.29, 1.82) is 0 Å². The summed E-state index contributed by atoms with van der Waals surface area (Å²) in [5, 5.41) is 0.488. The molecule has 0 saturated heterocycles. The lowest BCUT2D eigenvalue weighted by Crippen LogP contribution is -2.66. The molecule has 2 aromatic carbocycles. The van der Waals surface area contributed by atoms with E-state index < -0.39 is 27.7 Å². The summed E-state index contributed by atoms with van der Waals surface area (Å²) in [7, 11) is 3.52. The normalized spacial score (nSPS) is 22.6. The number of nitrogens with zero attached hydrogens (tertiary/aromatic N) is 2. The summed E-state index contributed by atoms with van der Waals surface area (Å²) in [6, 6.07) is 16.7. The molecule has 0 spiro atoms. The van der Waals surface area contributed by atoms with Crippen LogP contribution < -0.4 is 0 Å². The van der Waals surface area contributed by atoms with Crippen molar-refractivity contribution >= 4 is 122 Å². The fraction of sp³-hybridized carbons (Fsp3) is 0.450. The molecule has 0 radical (unpaired) electrons. The fourth-order valence-corrected chi connectivity index (χ4v) is 31.5. The van der Waals surface area contributed by atoms with Gasteiger partial charge in [0.15, 0.2) is 0 Å². The molecular weight excluding hydrogens is 917 g/mol. The van der Waals surface area contributed by atoms with Crippen LogP contribution in [-0.2, 0) is 36.6 Å². The van der Waals surface area contributed by atoms with E-state index in [0.29, 0.717) is 39.6 Å². The summed E-state index contributed by atoms with van der Waals surface area (Å²) in [4.78, 5) is 12.9. The molecular formula is C40H52N2O6S8Si2. The lowest BCUT2D eigenvalue weighted by Gasteiger charge is -2.48. The van der Waals surface area contributed by atoms with Crippen LogP contribution in [0.4, 0.5) is 0 Å². The van der Waals surface area contributed by atoms with Crippen molar-refractivity contribution in [2.24, 2.45) is 11.8 Å². The zero-order chi connectivity index (χ0) is 41.2. The van der Waals surface area contributed by atoms with Gasteiger partial charge in [-0.25, -0.2) is 9.97 Å². The Labute approximate surface area is 376 Å². The van der Waals surface area contributed by atoms with Crippen molar-refractivity contribution in [3.63, 3.8) is 0 Å². The third kappa shape index (κ3) is 8.84. The van der Waals surface area contributed by atoms with Gasteiger partial charge in [0.25, 0.3) is 0 Å². The molecule has 8 nitrogen and oxygen atoms in total. The van der Waals surface area contributed by atoms with E-state index in [1.54, 1.807) is 83.6 Å². The molecule has 0 bridgehead atoms. The number of allylic oxidation sites excluding steroid dienone is 8. The Morgan fingerprint density at radius 3 is 1.21 bits per heavy atom. The largest absolute Gasteiger partial charge is 0.520 e. The number of para-hydroxylation sites is 2. The Morgan fingerprint density at radius 2 is 0.879 bits per heavy atom. The quantitative estimate of drug-likeness (QED) is 0.0402. The van der Waals surface area contributed by atoms with Crippen LogP contribution in [0.1, 0.15) is 65.4 Å². The Morgan fingerprint density at radius 1 is 0.534 bits per heavy atom. The summed E-state index contributed by atoms with van der Waals surface area (Å²) < 4.78 is 43.0. The first-order valence-corrected chi connectivity index (χ1v) is 32.2. The lowest BCUT2D eigenvalue weighted by atomic mass is 9.88. The average Bonchev–Trinajstić information content (AvgIpc) is 3.85. The van der Waals surface area contributed by atoms with Gasteiger partial charge in [0.1, 0.15) is 20.1 Å². The minimum absolute atomic E-state index is 0.00873. The molecule has 4 atom stereocenters. The summed E-state index contributed by atoms with van der Waals surface area (Å²) in [5.41, 5.74) is 1.94. The molecule has 0 amide bonds. The van der Waals surface area contributed by atoms with Crippen LogP contribution in [-0.4, -0.2) is 67.2 Å². The van der Waals surface area contributed by atoms with E-state index in [-0.39, 0.29) is 11.8 Å². The Bertz CT molecular complexity index is 1850. The maximum atomic E-state index is 6.78. The van der Waals surface area contributed by atoms with E-state index in [1.165, 1.54) is 0 Å². The topological polar surface area (TPSA) is 81.2 Å². The highest BCUT2D eigenvalue weighted by Crippen LogP contribution is 2.64. The van der Waals surface area contributed by atoms with Gasteiger partial charge < -0.3 is 26.6 Å². The van der Waals surface area contributed by atoms with Crippen molar-refractivity contribution < 1.29 is 26.6 Å². The monoisotopic (exact) mass is 968 g/mol. The van der Waals surface area contributed by atoms with Crippen molar-refractivity contribution in [3.05, 3.63) is 105 Å². The molecule has 58 heavy (non-hydrogen) atoms. The second kappa shape index (κ2) is 21.7. The molecule has 0 saturated carbocycles. The first kappa shape index (κ1) is 47.0. The lowest BCUT2D eigenvalue weighted by molar-refractivity contribution is 0.0438. The highest BCUT2D eigenvalue weighted by atomic mass is 33.9. The van der Waals surface area contributed by atoms with Gasteiger partial charge in [-0.05, 0) is 139 Å². The number of benzene rings is 2. The van der Waals surface area contributed by atoms with Crippen LogP contribution in [0.25, 0.3) is 20.4 Å². The van der Waals surface area contributed by atoms with Gasteiger partial charge in [-0.15, -0.1) is 22.7 Å². The van der Waals surface area contributed by atoms with E-state index >= 15 is 0 Å². The Kier molecular flexibility index (Phi) is 17.6. The second-order valence-electron chi connectivity index (χ2n) is 13.1. The summed E-state index contributed by atoms with van der Waals surface area (Å²) in [5.74, 6) is 0.0175. The highest BCUT2D eigenvalue weighted by molar-refractivity contribution is 9.42. The molecule has 2 aliphatic carbocycles.